The Morgan fingerprint density at radius 1 is 0.839 bits per heavy atom. The minimum Gasteiger partial charge on any atom is -0.489 e. The van der Waals surface area contributed by atoms with Gasteiger partial charge in [-0.1, -0.05) is 69.7 Å². The zero-order valence-corrected chi connectivity index (χ0v) is 19.7. The molecule has 1 rings (SSSR count). The summed E-state index contributed by atoms with van der Waals surface area (Å²) in [6.07, 6.45) is 13.9. The number of carbonyl (C=O) groups excluding carboxylic acids is 2. The van der Waals surface area contributed by atoms with Crippen molar-refractivity contribution >= 4 is 18.0 Å². The van der Waals surface area contributed by atoms with Crippen molar-refractivity contribution in [3.8, 4) is 5.75 Å². The molecule has 0 aliphatic rings. The fourth-order valence-electron chi connectivity index (χ4n) is 3.32. The third-order valence-corrected chi connectivity index (χ3v) is 5.04. The fourth-order valence-corrected chi connectivity index (χ4v) is 3.32. The first-order chi connectivity index (χ1) is 15.0. The largest absolute Gasteiger partial charge is 0.489 e. The Bertz CT molecular complexity index is 632. The van der Waals surface area contributed by atoms with Crippen molar-refractivity contribution in [2.45, 2.75) is 85.2 Å². The topological polar surface area (TPSA) is 61.8 Å². The predicted octanol–water partition coefficient (Wildman–Crippen LogP) is 6.35. The molecule has 0 radical (unpaired) electrons. The van der Waals surface area contributed by atoms with E-state index in [1.54, 1.807) is 20.8 Å². The van der Waals surface area contributed by atoms with E-state index in [0.29, 0.717) is 5.75 Å². The van der Waals surface area contributed by atoms with Crippen LogP contribution in [0.3, 0.4) is 0 Å². The van der Waals surface area contributed by atoms with Gasteiger partial charge in [0.05, 0.1) is 13.2 Å². The van der Waals surface area contributed by atoms with Crippen molar-refractivity contribution < 1.29 is 23.8 Å². The number of hydrogen-bond acceptors (Lipinski definition) is 5. The van der Waals surface area contributed by atoms with E-state index >= 15 is 0 Å². The van der Waals surface area contributed by atoms with Crippen molar-refractivity contribution in [2.75, 3.05) is 13.2 Å². The highest BCUT2D eigenvalue weighted by atomic mass is 16.6. The van der Waals surface area contributed by atoms with Crippen molar-refractivity contribution in [3.63, 3.8) is 0 Å². The molecule has 0 aromatic heterocycles. The second-order valence-electron chi connectivity index (χ2n) is 7.69. The Labute approximate surface area is 188 Å². The lowest BCUT2D eigenvalue weighted by molar-refractivity contribution is -0.165. The number of benzene rings is 1. The first-order valence-corrected chi connectivity index (χ1v) is 11.8. The van der Waals surface area contributed by atoms with Crippen LogP contribution in [0.5, 0.6) is 5.75 Å². The van der Waals surface area contributed by atoms with Crippen LogP contribution in [0.15, 0.2) is 30.3 Å². The maximum Gasteiger partial charge on any atom is 0.324 e. The van der Waals surface area contributed by atoms with Crippen LogP contribution in [0.25, 0.3) is 6.08 Å². The van der Waals surface area contributed by atoms with E-state index in [9.17, 15) is 9.59 Å². The molecule has 0 bridgehead atoms. The number of allylic oxidation sites excluding steroid dienone is 1. The van der Waals surface area contributed by atoms with Gasteiger partial charge >= 0.3 is 11.9 Å². The standard InChI is InChI=1S/C26H40O5/c1-5-8-9-10-11-12-13-14-15-16-22-17-19-23(20-18-22)31-21(4)24(25(27)29-6-2)26(28)30-7-3/h15-21,24H,5-14H2,1-4H3/b16-15-. The summed E-state index contributed by atoms with van der Waals surface area (Å²) in [6, 6.07) is 7.62. The summed E-state index contributed by atoms with van der Waals surface area (Å²) in [5.74, 6) is -1.77. The Morgan fingerprint density at radius 2 is 1.39 bits per heavy atom. The molecule has 0 aliphatic carbocycles. The van der Waals surface area contributed by atoms with Gasteiger partial charge in [-0.3, -0.25) is 9.59 Å². The van der Waals surface area contributed by atoms with Gasteiger partial charge in [-0.15, -0.1) is 0 Å². The lowest BCUT2D eigenvalue weighted by atomic mass is 10.0. The maximum absolute atomic E-state index is 12.2. The van der Waals surface area contributed by atoms with Crippen LogP contribution in [-0.2, 0) is 19.1 Å². The van der Waals surface area contributed by atoms with Gasteiger partial charge in [-0.2, -0.15) is 0 Å². The molecule has 0 spiro atoms. The minimum absolute atomic E-state index is 0.196. The van der Waals surface area contributed by atoms with E-state index in [2.05, 4.69) is 19.1 Å². The number of hydrogen-bond donors (Lipinski definition) is 0. The van der Waals surface area contributed by atoms with Gasteiger partial charge in [0.25, 0.3) is 0 Å². The van der Waals surface area contributed by atoms with Crippen LogP contribution in [-0.4, -0.2) is 31.3 Å². The molecule has 31 heavy (non-hydrogen) atoms. The zero-order valence-electron chi connectivity index (χ0n) is 19.7. The average molecular weight is 433 g/mol. The lowest BCUT2D eigenvalue weighted by Crippen LogP contribution is -2.39. The van der Waals surface area contributed by atoms with Gasteiger partial charge in [-0.05, 0) is 51.3 Å². The number of esters is 2. The monoisotopic (exact) mass is 432 g/mol. The summed E-state index contributed by atoms with van der Waals surface area (Å²) in [7, 11) is 0. The summed E-state index contributed by atoms with van der Waals surface area (Å²) in [4.78, 5) is 24.4. The number of carbonyl (C=O) groups is 2. The van der Waals surface area contributed by atoms with E-state index in [1.165, 1.54) is 44.9 Å². The predicted molar refractivity (Wildman–Crippen MR) is 125 cm³/mol. The maximum atomic E-state index is 12.2. The first kappa shape index (κ1) is 26.7. The van der Waals surface area contributed by atoms with Crippen LogP contribution < -0.4 is 4.74 Å². The highest BCUT2D eigenvalue weighted by Gasteiger charge is 2.36. The van der Waals surface area contributed by atoms with Gasteiger partial charge in [0.1, 0.15) is 11.9 Å². The molecule has 1 atom stereocenters. The third-order valence-electron chi connectivity index (χ3n) is 5.04. The van der Waals surface area contributed by atoms with Gasteiger partial charge < -0.3 is 14.2 Å². The quantitative estimate of drug-likeness (QED) is 0.173. The molecule has 0 saturated heterocycles. The van der Waals surface area contributed by atoms with E-state index in [1.807, 2.05) is 24.3 Å². The van der Waals surface area contributed by atoms with Crippen molar-refractivity contribution in [3.05, 3.63) is 35.9 Å². The van der Waals surface area contributed by atoms with Crippen LogP contribution in [0, 0.1) is 5.92 Å². The molecule has 5 nitrogen and oxygen atoms in total. The number of unbranched alkanes of at least 4 members (excludes halogenated alkanes) is 7. The Balaban J connectivity index is 2.50. The second-order valence-corrected chi connectivity index (χ2v) is 7.69. The molecule has 0 saturated carbocycles. The van der Waals surface area contributed by atoms with E-state index in [0.717, 1.165) is 12.0 Å². The molecule has 1 unspecified atom stereocenters. The normalized spacial score (nSPS) is 12.2. The molecule has 0 heterocycles. The van der Waals surface area contributed by atoms with Crippen molar-refractivity contribution in [1.29, 1.82) is 0 Å². The molecule has 0 fully saturated rings. The molecule has 0 aliphatic heterocycles. The highest BCUT2D eigenvalue weighted by molar-refractivity contribution is 5.95. The van der Waals surface area contributed by atoms with Crippen molar-refractivity contribution in [1.82, 2.24) is 0 Å². The Kier molecular flexibility index (Phi) is 14.1. The van der Waals surface area contributed by atoms with E-state index in [4.69, 9.17) is 14.2 Å². The van der Waals surface area contributed by atoms with E-state index in [-0.39, 0.29) is 13.2 Å². The number of rotatable bonds is 16. The zero-order chi connectivity index (χ0) is 22.9. The average Bonchev–Trinajstić information content (AvgIpc) is 2.74. The second kappa shape index (κ2) is 16.4. The first-order valence-electron chi connectivity index (χ1n) is 11.8. The summed E-state index contributed by atoms with van der Waals surface area (Å²) in [5, 5.41) is 0. The summed E-state index contributed by atoms with van der Waals surface area (Å²) < 4.78 is 15.9. The summed E-state index contributed by atoms with van der Waals surface area (Å²) >= 11 is 0. The molecule has 0 N–H and O–H groups in total. The third kappa shape index (κ3) is 11.0. The lowest BCUT2D eigenvalue weighted by Gasteiger charge is -2.22. The SMILES string of the molecule is CCCCCCCCC/C=C\c1ccc(OC(C)C(C(=O)OCC)C(=O)OCC)cc1. The Hall–Kier alpha value is -2.30. The summed E-state index contributed by atoms with van der Waals surface area (Å²) in [5.41, 5.74) is 1.09. The van der Waals surface area contributed by atoms with E-state index < -0.39 is 24.0 Å². The molecule has 0 amide bonds. The Morgan fingerprint density at radius 3 is 1.94 bits per heavy atom. The fraction of sp³-hybridized carbons (Fsp3) is 0.615. The van der Waals surface area contributed by atoms with Crippen molar-refractivity contribution in [2.24, 2.45) is 5.92 Å². The highest BCUT2D eigenvalue weighted by Crippen LogP contribution is 2.20. The molecule has 174 valence electrons. The van der Waals surface area contributed by atoms with Gasteiger partial charge in [0.15, 0.2) is 5.92 Å². The smallest absolute Gasteiger partial charge is 0.324 e. The van der Waals surface area contributed by atoms with Gasteiger partial charge in [0.2, 0.25) is 0 Å². The van der Waals surface area contributed by atoms with Crippen LogP contribution in [0.1, 0.15) is 84.6 Å². The number of ether oxygens (including phenoxy) is 3. The van der Waals surface area contributed by atoms with Crippen LogP contribution >= 0.6 is 0 Å². The van der Waals surface area contributed by atoms with Crippen LogP contribution in [0.2, 0.25) is 0 Å². The molecule has 1 aromatic rings. The van der Waals surface area contributed by atoms with Crippen LogP contribution in [0.4, 0.5) is 0 Å². The van der Waals surface area contributed by atoms with Gasteiger partial charge in [0, 0.05) is 0 Å². The molecular formula is C26H40O5. The minimum atomic E-state index is -1.11. The summed E-state index contributed by atoms with van der Waals surface area (Å²) in [6.45, 7) is 7.71. The molecular weight excluding hydrogens is 392 g/mol. The molecule has 5 heteroatoms. The molecule has 1 aromatic carbocycles. The van der Waals surface area contributed by atoms with Gasteiger partial charge in [-0.25, -0.2) is 0 Å².